The number of nitriles is 4. The molecule has 0 saturated heterocycles. The molecule has 0 aromatic heterocycles. The molecule has 4 nitrogen and oxygen atoms in total. The van der Waals surface area contributed by atoms with Crippen molar-refractivity contribution in [2.24, 2.45) is 0 Å². The summed E-state index contributed by atoms with van der Waals surface area (Å²) in [5.41, 5.74) is 0. The molecule has 1 radical (unpaired) electrons. The predicted octanol–water partition coefficient (Wildman–Crippen LogP) is 2.12. The Balaban J connectivity index is -0.0000000213. The molecule has 0 aromatic carbocycles. The second kappa shape index (κ2) is 138. The van der Waals surface area contributed by atoms with E-state index in [0.29, 0.717) is 0 Å². The summed E-state index contributed by atoms with van der Waals surface area (Å²) in [6.45, 7) is 5.72. The van der Waals surface area contributed by atoms with Gasteiger partial charge < -0.3 is 0 Å². The molecule has 13 heavy (non-hydrogen) atoms. The maximum absolute atomic E-state index is 7.32. The molecule has 0 aliphatic carbocycles. The van der Waals surface area contributed by atoms with E-state index in [2.05, 4.69) is 0 Å². The average Bonchev–Trinajstić information content (AvgIpc) is 1.92. The van der Waals surface area contributed by atoms with E-state index in [-0.39, 0.29) is 22.4 Å². The minimum absolute atomic E-state index is 0. The third-order valence-corrected chi connectivity index (χ3v) is 0. The molecule has 5 heteroatoms. The molecule has 0 spiro atoms. The van der Waals surface area contributed by atoms with E-state index in [0.717, 1.165) is 0 Å². The fourth-order valence-corrected chi connectivity index (χ4v) is 0. The molecule has 0 rings (SSSR count). The molecule has 0 fully saturated rings. The molecular formula is C8H12N4Nb. The number of rotatable bonds is 0. The second-order valence-corrected chi connectivity index (χ2v) is 0.894. The van der Waals surface area contributed by atoms with Crippen molar-refractivity contribution in [2.75, 3.05) is 0 Å². The molecule has 0 aliphatic heterocycles. The zero-order valence-corrected chi connectivity index (χ0v) is 10.4. The van der Waals surface area contributed by atoms with Gasteiger partial charge >= 0.3 is 0 Å². The van der Waals surface area contributed by atoms with Crippen molar-refractivity contribution in [3.63, 3.8) is 0 Å². The van der Waals surface area contributed by atoms with Crippen LogP contribution in [0, 0.1) is 45.3 Å². The fourth-order valence-electron chi connectivity index (χ4n) is 0. The van der Waals surface area contributed by atoms with Gasteiger partial charge in [-0.25, -0.2) is 0 Å². The Morgan fingerprint density at radius 1 is 0.538 bits per heavy atom. The van der Waals surface area contributed by atoms with Crippen LogP contribution in [0.25, 0.3) is 0 Å². The Morgan fingerprint density at radius 2 is 0.538 bits per heavy atom. The molecule has 0 bridgehead atoms. The molecule has 69 valence electrons. The van der Waals surface area contributed by atoms with Crippen LogP contribution in [0.5, 0.6) is 0 Å². The molecule has 0 aromatic rings. The second-order valence-electron chi connectivity index (χ2n) is 0.894. The Hall–Kier alpha value is -1.30. The van der Waals surface area contributed by atoms with Gasteiger partial charge in [-0.3, -0.25) is 0 Å². The number of hydrogen-bond donors (Lipinski definition) is 0. The van der Waals surface area contributed by atoms with E-state index >= 15 is 0 Å². The summed E-state index contributed by atoms with van der Waals surface area (Å²) in [5, 5.41) is 29.3. The van der Waals surface area contributed by atoms with Crippen molar-refractivity contribution in [1.29, 1.82) is 21.0 Å². The van der Waals surface area contributed by atoms with Gasteiger partial charge in [0.15, 0.2) is 0 Å². The maximum atomic E-state index is 7.32. The van der Waals surface area contributed by atoms with E-state index in [1.807, 2.05) is 0 Å². The molecule has 0 heterocycles. The van der Waals surface area contributed by atoms with Crippen LogP contribution in [-0.4, -0.2) is 0 Å². The molecule has 0 N–H and O–H groups in total. The van der Waals surface area contributed by atoms with Crippen LogP contribution in [0.2, 0.25) is 0 Å². The Morgan fingerprint density at radius 3 is 0.538 bits per heavy atom. The van der Waals surface area contributed by atoms with Crippen molar-refractivity contribution in [3.8, 4) is 24.3 Å². The Bertz CT molecular complexity index is 150. The Labute approximate surface area is 95.5 Å². The van der Waals surface area contributed by atoms with E-state index in [1.54, 1.807) is 24.3 Å². The van der Waals surface area contributed by atoms with Crippen molar-refractivity contribution in [3.05, 3.63) is 0 Å². The Kier molecular flexibility index (Phi) is 317. The van der Waals surface area contributed by atoms with Crippen LogP contribution >= 0.6 is 0 Å². The van der Waals surface area contributed by atoms with Crippen LogP contribution in [0.3, 0.4) is 0 Å². The summed E-state index contributed by atoms with van der Waals surface area (Å²) in [5.74, 6) is 0. The van der Waals surface area contributed by atoms with E-state index in [4.69, 9.17) is 21.0 Å². The first-order chi connectivity index (χ1) is 5.66. The third-order valence-electron chi connectivity index (χ3n) is 0. The standard InChI is InChI=1S/4C2H3N.Nb/c4*1-2-3;/h4*1H3;. The summed E-state index contributed by atoms with van der Waals surface area (Å²) in [6, 6.07) is 7.00. The van der Waals surface area contributed by atoms with Crippen molar-refractivity contribution in [2.45, 2.75) is 27.7 Å². The van der Waals surface area contributed by atoms with Crippen molar-refractivity contribution in [1.82, 2.24) is 0 Å². The van der Waals surface area contributed by atoms with Crippen LogP contribution < -0.4 is 0 Å². The summed E-state index contributed by atoms with van der Waals surface area (Å²) in [4.78, 5) is 0. The SMILES string of the molecule is CC#N.CC#N.CC#N.CC#N.[Nb]. The first kappa shape index (κ1) is 29.8. The largest absolute Gasteiger partial charge is 0.199 e. The summed E-state index contributed by atoms with van der Waals surface area (Å²) in [7, 11) is 0. The van der Waals surface area contributed by atoms with Gasteiger partial charge in [-0.1, -0.05) is 0 Å². The van der Waals surface area contributed by atoms with Gasteiger partial charge in [0.05, 0.1) is 24.3 Å². The first-order valence-electron chi connectivity index (χ1n) is 2.89. The molecular weight excluding hydrogens is 245 g/mol. The van der Waals surface area contributed by atoms with Crippen molar-refractivity contribution >= 4 is 0 Å². The van der Waals surface area contributed by atoms with Gasteiger partial charge in [-0.2, -0.15) is 21.0 Å². The van der Waals surface area contributed by atoms with Crippen LogP contribution in [0.1, 0.15) is 27.7 Å². The summed E-state index contributed by atoms with van der Waals surface area (Å²) in [6.07, 6.45) is 0. The van der Waals surface area contributed by atoms with Crippen LogP contribution in [0.4, 0.5) is 0 Å². The van der Waals surface area contributed by atoms with Crippen molar-refractivity contribution < 1.29 is 22.4 Å². The minimum Gasteiger partial charge on any atom is -0.199 e. The minimum atomic E-state index is 0. The molecule has 0 atom stereocenters. The zero-order valence-electron chi connectivity index (χ0n) is 8.24. The monoisotopic (exact) mass is 257 g/mol. The number of nitrogens with zero attached hydrogens (tertiary/aromatic N) is 4. The van der Waals surface area contributed by atoms with Gasteiger partial charge in [-0.15, -0.1) is 0 Å². The molecule has 0 saturated carbocycles. The fraction of sp³-hybridized carbons (Fsp3) is 0.500. The van der Waals surface area contributed by atoms with Gasteiger partial charge in [0.1, 0.15) is 0 Å². The summed E-state index contributed by atoms with van der Waals surface area (Å²) < 4.78 is 0. The molecule has 0 aliphatic rings. The quantitative estimate of drug-likeness (QED) is 0.621. The molecule has 0 unspecified atom stereocenters. The van der Waals surface area contributed by atoms with Crippen LogP contribution in [0.15, 0.2) is 0 Å². The van der Waals surface area contributed by atoms with E-state index < -0.39 is 0 Å². The third kappa shape index (κ3) is 479. The smallest absolute Gasteiger partial charge is 0.0587 e. The van der Waals surface area contributed by atoms with Gasteiger partial charge in [0.2, 0.25) is 0 Å². The first-order valence-corrected chi connectivity index (χ1v) is 2.89. The predicted molar refractivity (Wildman–Crippen MR) is 45.1 cm³/mol. The van der Waals surface area contributed by atoms with Gasteiger partial charge in [-0.05, 0) is 0 Å². The van der Waals surface area contributed by atoms with Crippen LogP contribution in [-0.2, 0) is 22.4 Å². The van der Waals surface area contributed by atoms with Gasteiger partial charge in [0, 0.05) is 50.1 Å². The normalized spacial score (nSPS) is 2.46. The van der Waals surface area contributed by atoms with E-state index in [9.17, 15) is 0 Å². The molecule has 0 amide bonds. The zero-order chi connectivity index (χ0) is 10.8. The summed E-state index contributed by atoms with van der Waals surface area (Å²) >= 11 is 0. The average molecular weight is 257 g/mol. The maximum Gasteiger partial charge on any atom is 0.0587 e. The topological polar surface area (TPSA) is 95.2 Å². The van der Waals surface area contributed by atoms with Gasteiger partial charge in [0.25, 0.3) is 0 Å². The number of hydrogen-bond acceptors (Lipinski definition) is 4. The van der Waals surface area contributed by atoms with E-state index in [1.165, 1.54) is 27.7 Å².